The van der Waals surface area contributed by atoms with Crippen LogP contribution in [0.1, 0.15) is 74.9 Å². The van der Waals surface area contributed by atoms with E-state index in [-0.39, 0.29) is 10.8 Å². The van der Waals surface area contributed by atoms with Gasteiger partial charge < -0.3 is 9.80 Å². The van der Waals surface area contributed by atoms with Crippen molar-refractivity contribution in [2.75, 3.05) is 9.80 Å². The van der Waals surface area contributed by atoms with Crippen LogP contribution in [0.15, 0.2) is 158 Å². The molecule has 0 saturated heterocycles. The van der Waals surface area contributed by atoms with Gasteiger partial charge in [-0.2, -0.15) is 0 Å². The molecule has 0 radical (unpaired) electrons. The maximum Gasteiger partial charge on any atom is 0.0669 e. The lowest BCUT2D eigenvalue weighted by Gasteiger charge is -2.31. The highest BCUT2D eigenvalue weighted by Gasteiger charge is 2.28. The minimum Gasteiger partial charge on any atom is -0.308 e. The fourth-order valence-corrected chi connectivity index (χ4v) is 14.2. The summed E-state index contributed by atoms with van der Waals surface area (Å²) in [5.41, 5.74) is 15.0. The zero-order chi connectivity index (χ0) is 47.0. The van der Waals surface area contributed by atoms with Gasteiger partial charge in [0.05, 0.1) is 32.1 Å². The molecular formula is C64H56N2S2. The second kappa shape index (κ2) is 15.4. The molecule has 0 N–H and O–H groups in total. The minimum atomic E-state index is 0.0189. The summed E-state index contributed by atoms with van der Waals surface area (Å²) in [7, 11) is 0. The molecule has 2 heterocycles. The number of anilines is 6. The van der Waals surface area contributed by atoms with Crippen LogP contribution in [0.25, 0.3) is 72.7 Å². The van der Waals surface area contributed by atoms with Crippen LogP contribution >= 0.6 is 22.7 Å². The van der Waals surface area contributed by atoms with E-state index in [1.165, 1.54) is 129 Å². The third kappa shape index (κ3) is 6.55. The van der Waals surface area contributed by atoms with Crippen molar-refractivity contribution in [2.24, 2.45) is 0 Å². The van der Waals surface area contributed by atoms with Gasteiger partial charge in [0, 0.05) is 53.1 Å². The van der Waals surface area contributed by atoms with E-state index in [1.54, 1.807) is 0 Å². The van der Waals surface area contributed by atoms with E-state index in [0.29, 0.717) is 0 Å². The molecule has 12 rings (SSSR count). The fourth-order valence-electron chi connectivity index (χ4n) is 11.0. The van der Waals surface area contributed by atoms with Crippen molar-refractivity contribution in [2.45, 2.75) is 80.1 Å². The van der Waals surface area contributed by atoms with Gasteiger partial charge in [0.25, 0.3) is 0 Å². The Kier molecular flexibility index (Phi) is 9.65. The minimum absolute atomic E-state index is 0.0189. The average Bonchev–Trinajstić information content (AvgIpc) is 3.89. The predicted molar refractivity (Wildman–Crippen MR) is 302 cm³/mol. The van der Waals surface area contributed by atoms with E-state index in [0.717, 1.165) is 11.4 Å². The van der Waals surface area contributed by atoms with Gasteiger partial charge in [-0.05, 0) is 119 Å². The summed E-state index contributed by atoms with van der Waals surface area (Å²) in [6.45, 7) is 22.9. The predicted octanol–water partition coefficient (Wildman–Crippen LogP) is 20.1. The first-order valence-corrected chi connectivity index (χ1v) is 25.6. The molecule has 68 heavy (non-hydrogen) atoms. The van der Waals surface area contributed by atoms with E-state index in [2.05, 4.69) is 237 Å². The topological polar surface area (TPSA) is 6.48 Å². The van der Waals surface area contributed by atoms with Crippen molar-refractivity contribution in [3.8, 4) is 0 Å². The summed E-state index contributed by atoms with van der Waals surface area (Å²) in [5.74, 6) is 0. The Labute approximate surface area is 408 Å². The van der Waals surface area contributed by atoms with E-state index >= 15 is 0 Å². The zero-order valence-electron chi connectivity index (χ0n) is 40.7. The van der Waals surface area contributed by atoms with E-state index in [9.17, 15) is 0 Å². The summed E-state index contributed by atoms with van der Waals surface area (Å²) >= 11 is 3.90. The third-order valence-electron chi connectivity index (χ3n) is 14.4. The quantitative estimate of drug-likeness (QED) is 0.153. The number of aryl methyl sites for hydroxylation is 4. The maximum absolute atomic E-state index is 2.56. The molecule has 2 nitrogen and oxygen atoms in total. The lowest BCUT2D eigenvalue weighted by molar-refractivity contribution is 0.596. The third-order valence-corrected chi connectivity index (χ3v) is 17.0. The number of nitrogens with zero attached hydrogens (tertiary/aromatic N) is 2. The Bertz CT molecular complexity index is 3700. The molecule has 12 aromatic rings. The second-order valence-corrected chi connectivity index (χ2v) is 23.3. The van der Waals surface area contributed by atoms with E-state index < -0.39 is 0 Å². The van der Waals surface area contributed by atoms with Crippen molar-refractivity contribution in [1.82, 2.24) is 0 Å². The molecule has 334 valence electrons. The smallest absolute Gasteiger partial charge is 0.0669 e. The standard InChI is InChI=1S/C64H56N2S2/c1-37-17-27-43(28-18-37)65(57-39(3)21-31-47-45-13-11-15-51(63(5,6)7)59(45)67-61(47)57)53-35-25-41-24-34-50-54(36-26-42-23-33-49(53)55(41)56(42)50)66(44-29-19-38(2)20-30-44)58-40(4)22-32-48-46-14-12-16-52(64(8,9)10)60(46)68-62(48)58/h11-36H,1-10H3. The summed E-state index contributed by atoms with van der Waals surface area (Å²) in [6.07, 6.45) is 0. The molecule has 0 fully saturated rings. The van der Waals surface area contributed by atoms with Gasteiger partial charge >= 0.3 is 0 Å². The first-order valence-electron chi connectivity index (χ1n) is 24.0. The molecule has 0 saturated carbocycles. The Morgan fingerprint density at radius 3 is 1.07 bits per heavy atom. The van der Waals surface area contributed by atoms with Crippen LogP contribution < -0.4 is 9.80 Å². The second-order valence-electron chi connectivity index (χ2n) is 21.2. The molecule has 0 aliphatic heterocycles. The molecule has 0 bridgehead atoms. The fraction of sp³-hybridized carbons (Fsp3) is 0.188. The van der Waals surface area contributed by atoms with Crippen molar-refractivity contribution >= 4 is 129 Å². The molecule has 0 spiro atoms. The number of hydrogen-bond acceptors (Lipinski definition) is 4. The molecule has 10 aromatic carbocycles. The first-order chi connectivity index (χ1) is 32.7. The summed E-state index contributed by atoms with van der Waals surface area (Å²) in [6, 6.07) is 60.3. The molecule has 0 unspecified atom stereocenters. The monoisotopic (exact) mass is 916 g/mol. The van der Waals surface area contributed by atoms with Gasteiger partial charge in [-0.3, -0.25) is 0 Å². The van der Waals surface area contributed by atoms with Crippen LogP contribution in [0.2, 0.25) is 0 Å². The highest BCUT2D eigenvalue weighted by atomic mass is 32.1. The lowest BCUT2D eigenvalue weighted by atomic mass is 9.86. The van der Waals surface area contributed by atoms with Crippen LogP contribution in [-0.2, 0) is 10.8 Å². The average molecular weight is 917 g/mol. The molecule has 0 aliphatic carbocycles. The largest absolute Gasteiger partial charge is 0.308 e. The SMILES string of the molecule is Cc1ccc(N(c2ccc3ccc4c(N(c5ccc(C)cc5)c5c(C)ccc6c5sc5c(C(C)(C)C)cccc56)ccc5ccc2c3c54)c2c(C)ccc3c2sc2c(C(C)(C)C)cccc23)cc1. The van der Waals surface area contributed by atoms with Crippen molar-refractivity contribution < 1.29 is 0 Å². The van der Waals surface area contributed by atoms with Crippen LogP contribution in [0, 0.1) is 27.7 Å². The first kappa shape index (κ1) is 42.6. The van der Waals surface area contributed by atoms with Gasteiger partial charge in [0.15, 0.2) is 0 Å². The summed E-state index contributed by atoms with van der Waals surface area (Å²) in [5, 5.41) is 12.8. The van der Waals surface area contributed by atoms with Crippen molar-refractivity contribution in [3.05, 3.63) is 191 Å². The molecule has 2 aromatic heterocycles. The number of thiophene rings is 2. The van der Waals surface area contributed by atoms with Gasteiger partial charge in [-0.25, -0.2) is 0 Å². The van der Waals surface area contributed by atoms with Crippen molar-refractivity contribution in [3.63, 3.8) is 0 Å². The summed E-state index contributed by atoms with van der Waals surface area (Å²) in [4.78, 5) is 5.12. The maximum atomic E-state index is 2.56. The Morgan fingerprint density at radius 1 is 0.338 bits per heavy atom. The van der Waals surface area contributed by atoms with Crippen LogP contribution in [0.3, 0.4) is 0 Å². The molecule has 4 heteroatoms. The highest BCUT2D eigenvalue weighted by molar-refractivity contribution is 7.27. The highest BCUT2D eigenvalue weighted by Crippen LogP contribution is 2.54. The lowest BCUT2D eigenvalue weighted by Crippen LogP contribution is -2.13. The molecule has 0 atom stereocenters. The zero-order valence-corrected chi connectivity index (χ0v) is 42.4. The number of hydrogen-bond donors (Lipinski definition) is 0. The molecular weight excluding hydrogens is 861 g/mol. The normalized spacial score (nSPS) is 12.6. The van der Waals surface area contributed by atoms with Crippen LogP contribution in [-0.4, -0.2) is 0 Å². The van der Waals surface area contributed by atoms with Gasteiger partial charge in [-0.1, -0.05) is 174 Å². The van der Waals surface area contributed by atoms with E-state index in [4.69, 9.17) is 0 Å². The molecule has 0 amide bonds. The van der Waals surface area contributed by atoms with Crippen molar-refractivity contribution in [1.29, 1.82) is 0 Å². The van der Waals surface area contributed by atoms with Crippen LogP contribution in [0.5, 0.6) is 0 Å². The van der Waals surface area contributed by atoms with E-state index in [1.807, 2.05) is 22.7 Å². The van der Waals surface area contributed by atoms with Gasteiger partial charge in [0.1, 0.15) is 0 Å². The van der Waals surface area contributed by atoms with Gasteiger partial charge in [0.2, 0.25) is 0 Å². The van der Waals surface area contributed by atoms with Gasteiger partial charge in [-0.15, -0.1) is 22.7 Å². The Hall–Kier alpha value is -6.72. The number of benzene rings is 10. The number of fused-ring (bicyclic) bond motifs is 6. The molecule has 0 aliphatic rings. The summed E-state index contributed by atoms with van der Waals surface area (Å²) < 4.78 is 5.39. The Morgan fingerprint density at radius 2 is 0.691 bits per heavy atom. The Balaban J connectivity index is 1.14. The number of rotatable bonds is 6. The van der Waals surface area contributed by atoms with Crippen LogP contribution in [0.4, 0.5) is 34.1 Å².